The van der Waals surface area contributed by atoms with E-state index in [0.29, 0.717) is 29.3 Å². The number of piperidine rings is 1. The van der Waals surface area contributed by atoms with Crippen LogP contribution in [-0.2, 0) is 0 Å². The van der Waals surface area contributed by atoms with E-state index in [2.05, 4.69) is 0 Å². The topological polar surface area (TPSA) is 85.0 Å². The first kappa shape index (κ1) is 15.4. The molecule has 1 amide bonds. The van der Waals surface area contributed by atoms with E-state index in [1.807, 2.05) is 0 Å². The Hall–Kier alpha value is -1.95. The van der Waals surface area contributed by atoms with Gasteiger partial charge in [0.05, 0.1) is 32.4 Å². The number of nitrogens with two attached hydrogens (primary N) is 1. The molecule has 1 atom stereocenters. The van der Waals surface area contributed by atoms with Gasteiger partial charge in [-0.05, 0) is 25.3 Å². The summed E-state index contributed by atoms with van der Waals surface area (Å²) in [6.45, 7) is 0.608. The summed E-state index contributed by atoms with van der Waals surface area (Å²) in [4.78, 5) is 14.4. The fraction of sp³-hybridized carbons (Fsp3) is 0.533. The first-order valence-corrected chi connectivity index (χ1v) is 7.05. The zero-order valence-corrected chi connectivity index (χ0v) is 12.5. The van der Waals surface area contributed by atoms with E-state index < -0.39 is 0 Å². The zero-order chi connectivity index (χ0) is 15.4. The van der Waals surface area contributed by atoms with Crippen molar-refractivity contribution in [3.8, 4) is 11.5 Å². The maximum Gasteiger partial charge on any atom is 0.256 e. The number of carbonyl (C=O) groups excluding carboxylic acids is 1. The number of nitrogens with zero attached hydrogens (tertiary/aromatic N) is 1. The Balaban J connectivity index is 2.33. The SMILES string of the molecule is COc1cc(N)c(C(=O)N2CCCCC2CO)cc1OC. The summed E-state index contributed by atoms with van der Waals surface area (Å²) in [6.07, 6.45) is 2.78. The Kier molecular flexibility index (Phi) is 4.90. The number of carbonyl (C=O) groups is 1. The molecule has 0 radical (unpaired) electrons. The smallest absolute Gasteiger partial charge is 0.256 e. The number of benzene rings is 1. The molecule has 1 fully saturated rings. The monoisotopic (exact) mass is 294 g/mol. The zero-order valence-electron chi connectivity index (χ0n) is 12.5. The van der Waals surface area contributed by atoms with Crippen LogP contribution in [0.1, 0.15) is 29.6 Å². The van der Waals surface area contributed by atoms with Crippen LogP contribution in [0, 0.1) is 0 Å². The Morgan fingerprint density at radius 3 is 2.62 bits per heavy atom. The number of anilines is 1. The second kappa shape index (κ2) is 6.67. The van der Waals surface area contributed by atoms with Gasteiger partial charge in [0.1, 0.15) is 0 Å². The van der Waals surface area contributed by atoms with Crippen LogP contribution in [0.5, 0.6) is 11.5 Å². The highest BCUT2D eigenvalue weighted by Gasteiger charge is 2.28. The first-order valence-electron chi connectivity index (χ1n) is 7.05. The summed E-state index contributed by atoms with van der Waals surface area (Å²) >= 11 is 0. The van der Waals surface area contributed by atoms with Gasteiger partial charge in [-0.15, -0.1) is 0 Å². The van der Waals surface area contributed by atoms with Crippen LogP contribution in [0.25, 0.3) is 0 Å². The molecule has 1 aromatic rings. The van der Waals surface area contributed by atoms with E-state index >= 15 is 0 Å². The van der Waals surface area contributed by atoms with Gasteiger partial charge in [0.15, 0.2) is 11.5 Å². The van der Waals surface area contributed by atoms with Crippen LogP contribution < -0.4 is 15.2 Å². The van der Waals surface area contributed by atoms with Crippen LogP contribution >= 0.6 is 0 Å². The average Bonchev–Trinajstić information content (AvgIpc) is 2.53. The third-order valence-electron chi connectivity index (χ3n) is 3.88. The number of amides is 1. The molecule has 1 aliphatic rings. The van der Waals surface area contributed by atoms with Crippen molar-refractivity contribution in [2.45, 2.75) is 25.3 Å². The lowest BCUT2D eigenvalue weighted by molar-refractivity contribution is 0.0503. The molecule has 1 aromatic carbocycles. The summed E-state index contributed by atoms with van der Waals surface area (Å²) in [5.41, 5.74) is 6.70. The number of aliphatic hydroxyl groups is 1. The maximum atomic E-state index is 12.7. The van der Waals surface area contributed by atoms with Gasteiger partial charge in [0, 0.05) is 18.3 Å². The van der Waals surface area contributed by atoms with Gasteiger partial charge < -0.3 is 25.2 Å². The highest BCUT2D eigenvalue weighted by molar-refractivity contribution is 6.00. The summed E-state index contributed by atoms with van der Waals surface area (Å²) < 4.78 is 10.4. The minimum absolute atomic E-state index is 0.0288. The van der Waals surface area contributed by atoms with Crippen molar-refractivity contribution in [1.29, 1.82) is 0 Å². The summed E-state index contributed by atoms with van der Waals surface area (Å²) in [6, 6.07) is 3.04. The quantitative estimate of drug-likeness (QED) is 0.817. The van der Waals surface area contributed by atoms with Gasteiger partial charge in [-0.25, -0.2) is 0 Å². The van der Waals surface area contributed by atoms with Crippen LogP contribution in [0.4, 0.5) is 5.69 Å². The molecule has 21 heavy (non-hydrogen) atoms. The molecular formula is C15H22N2O4. The summed E-state index contributed by atoms with van der Waals surface area (Å²) in [5.74, 6) is 0.781. The van der Waals surface area contributed by atoms with Gasteiger partial charge >= 0.3 is 0 Å². The largest absolute Gasteiger partial charge is 0.493 e. The van der Waals surface area contributed by atoms with E-state index in [1.54, 1.807) is 17.0 Å². The van der Waals surface area contributed by atoms with E-state index in [-0.39, 0.29) is 18.6 Å². The van der Waals surface area contributed by atoms with Crippen molar-refractivity contribution in [2.24, 2.45) is 0 Å². The Bertz CT molecular complexity index is 519. The number of rotatable bonds is 4. The van der Waals surface area contributed by atoms with E-state index in [4.69, 9.17) is 15.2 Å². The molecule has 1 heterocycles. The number of hydrogen-bond donors (Lipinski definition) is 2. The van der Waals surface area contributed by atoms with Crippen LogP contribution in [0.3, 0.4) is 0 Å². The van der Waals surface area contributed by atoms with Crippen molar-refractivity contribution in [1.82, 2.24) is 4.90 Å². The molecule has 116 valence electrons. The molecule has 1 aliphatic heterocycles. The van der Waals surface area contributed by atoms with Crippen LogP contribution in [-0.4, -0.2) is 49.3 Å². The second-order valence-corrected chi connectivity index (χ2v) is 5.13. The van der Waals surface area contributed by atoms with Crippen molar-refractivity contribution in [3.05, 3.63) is 17.7 Å². The van der Waals surface area contributed by atoms with Gasteiger partial charge in [-0.3, -0.25) is 4.79 Å². The standard InChI is InChI=1S/C15H22N2O4/c1-20-13-7-11(12(16)8-14(13)21-2)15(19)17-6-4-3-5-10(17)9-18/h7-8,10,18H,3-6,9,16H2,1-2H3. The molecule has 0 aliphatic carbocycles. The van der Waals surface area contributed by atoms with Gasteiger partial charge in [-0.2, -0.15) is 0 Å². The van der Waals surface area contributed by atoms with Crippen molar-refractivity contribution in [2.75, 3.05) is 33.1 Å². The molecule has 0 spiro atoms. The van der Waals surface area contributed by atoms with E-state index in [9.17, 15) is 9.90 Å². The molecule has 6 nitrogen and oxygen atoms in total. The third kappa shape index (κ3) is 3.05. The van der Waals surface area contributed by atoms with Gasteiger partial charge in [0.2, 0.25) is 0 Å². The first-order chi connectivity index (χ1) is 10.1. The number of aliphatic hydroxyl groups excluding tert-OH is 1. The Labute approximate surface area is 124 Å². The average molecular weight is 294 g/mol. The predicted octanol–water partition coefficient (Wildman–Crippen LogP) is 1.27. The number of methoxy groups -OCH3 is 2. The highest BCUT2D eigenvalue weighted by Crippen LogP contribution is 2.33. The van der Waals surface area contributed by atoms with Gasteiger partial charge in [0.25, 0.3) is 5.91 Å². The van der Waals surface area contributed by atoms with E-state index in [0.717, 1.165) is 19.3 Å². The number of likely N-dealkylation sites (tertiary alicyclic amines) is 1. The highest BCUT2D eigenvalue weighted by atomic mass is 16.5. The number of nitrogen functional groups attached to an aromatic ring is 1. The Morgan fingerprint density at radius 2 is 2.00 bits per heavy atom. The molecule has 2 rings (SSSR count). The van der Waals surface area contributed by atoms with Crippen LogP contribution in [0.2, 0.25) is 0 Å². The molecule has 0 bridgehead atoms. The molecule has 0 saturated carbocycles. The number of hydrogen-bond acceptors (Lipinski definition) is 5. The van der Waals surface area contributed by atoms with Crippen LogP contribution in [0.15, 0.2) is 12.1 Å². The molecule has 1 saturated heterocycles. The fourth-order valence-electron chi connectivity index (χ4n) is 2.69. The fourth-order valence-corrected chi connectivity index (χ4v) is 2.69. The Morgan fingerprint density at radius 1 is 1.33 bits per heavy atom. The lowest BCUT2D eigenvalue weighted by Gasteiger charge is -2.35. The van der Waals surface area contributed by atoms with E-state index in [1.165, 1.54) is 14.2 Å². The lowest BCUT2D eigenvalue weighted by Crippen LogP contribution is -2.45. The van der Waals surface area contributed by atoms with Crippen molar-refractivity contribution < 1.29 is 19.4 Å². The molecule has 6 heteroatoms. The summed E-state index contributed by atoms with van der Waals surface area (Å²) in [5, 5.41) is 9.44. The number of ether oxygens (including phenoxy) is 2. The van der Waals surface area contributed by atoms with Crippen molar-refractivity contribution >= 4 is 11.6 Å². The second-order valence-electron chi connectivity index (χ2n) is 5.13. The summed E-state index contributed by atoms with van der Waals surface area (Å²) in [7, 11) is 3.03. The lowest BCUT2D eigenvalue weighted by atomic mass is 10.0. The van der Waals surface area contributed by atoms with Crippen molar-refractivity contribution in [3.63, 3.8) is 0 Å². The minimum atomic E-state index is -0.174. The molecule has 1 unspecified atom stereocenters. The minimum Gasteiger partial charge on any atom is -0.493 e. The molecule has 0 aromatic heterocycles. The maximum absolute atomic E-state index is 12.7. The predicted molar refractivity (Wildman–Crippen MR) is 79.7 cm³/mol. The molecule has 3 N–H and O–H groups in total. The normalized spacial score (nSPS) is 18.4. The molecular weight excluding hydrogens is 272 g/mol. The van der Waals surface area contributed by atoms with Gasteiger partial charge in [-0.1, -0.05) is 0 Å². The third-order valence-corrected chi connectivity index (χ3v) is 3.88.